The first kappa shape index (κ1) is 12.5. The van der Waals surface area contributed by atoms with Gasteiger partial charge < -0.3 is 15.6 Å². The number of rotatable bonds is 2. The molecule has 1 aromatic rings. The summed E-state index contributed by atoms with van der Waals surface area (Å²) in [6, 6.07) is 1.50. The number of methoxy groups -OCH3 is 1. The number of hydrogen-bond acceptors (Lipinski definition) is 3. The number of nitrogens with two attached hydrogens (primary N) is 1. The van der Waals surface area contributed by atoms with Crippen LogP contribution in [0.2, 0.25) is 5.02 Å². The van der Waals surface area contributed by atoms with Crippen molar-refractivity contribution in [2.75, 3.05) is 7.11 Å². The molecule has 0 amide bonds. The highest BCUT2D eigenvalue weighted by Crippen LogP contribution is 2.45. The van der Waals surface area contributed by atoms with Crippen molar-refractivity contribution in [1.29, 1.82) is 0 Å². The summed E-state index contributed by atoms with van der Waals surface area (Å²) in [4.78, 5) is 0. The fourth-order valence-corrected chi connectivity index (χ4v) is 2.70. The summed E-state index contributed by atoms with van der Waals surface area (Å²) in [5.41, 5.74) is 5.88. The molecule has 17 heavy (non-hydrogen) atoms. The van der Waals surface area contributed by atoms with E-state index in [2.05, 4.69) is 0 Å². The molecule has 0 saturated heterocycles. The second-order valence-electron chi connectivity index (χ2n) is 4.47. The molecule has 1 aromatic carbocycles. The van der Waals surface area contributed by atoms with Gasteiger partial charge in [-0.25, -0.2) is 0 Å². The van der Waals surface area contributed by atoms with E-state index in [4.69, 9.17) is 22.1 Å². The predicted molar refractivity (Wildman–Crippen MR) is 64.0 cm³/mol. The molecule has 1 aliphatic carbocycles. The zero-order valence-corrected chi connectivity index (χ0v) is 10.4. The predicted octanol–water partition coefficient (Wildman–Crippen LogP) is 2.92. The largest absolute Gasteiger partial charge is 0.504 e. The van der Waals surface area contributed by atoms with Crippen molar-refractivity contribution in [2.24, 2.45) is 5.73 Å². The normalized spacial score (nSPS) is 18.4. The van der Waals surface area contributed by atoms with Crippen molar-refractivity contribution in [3.8, 4) is 11.5 Å². The quantitative estimate of drug-likeness (QED) is 0.859. The fourth-order valence-electron chi connectivity index (χ4n) is 2.43. The van der Waals surface area contributed by atoms with Gasteiger partial charge in [-0.05, 0) is 18.9 Å². The summed E-state index contributed by atoms with van der Waals surface area (Å²) in [6.45, 7) is 0. The van der Waals surface area contributed by atoms with Crippen LogP contribution in [0.5, 0.6) is 11.5 Å². The van der Waals surface area contributed by atoms with Gasteiger partial charge >= 0.3 is 0 Å². The SMILES string of the molecule is COc1c(Cl)cc(C2(N)CCCC2)c(O)c1F. The molecule has 2 rings (SSSR count). The number of aromatic hydroxyl groups is 1. The minimum atomic E-state index is -0.841. The Hall–Kier alpha value is -1.00. The molecule has 0 heterocycles. The van der Waals surface area contributed by atoms with E-state index in [0.717, 1.165) is 25.7 Å². The lowest BCUT2D eigenvalue weighted by molar-refractivity contribution is 0.349. The van der Waals surface area contributed by atoms with Crippen molar-refractivity contribution < 1.29 is 14.2 Å². The Balaban J connectivity index is 2.56. The van der Waals surface area contributed by atoms with Crippen LogP contribution < -0.4 is 10.5 Å². The molecule has 94 valence electrons. The molecule has 0 aliphatic heterocycles. The summed E-state index contributed by atoms with van der Waals surface area (Å²) in [6.07, 6.45) is 3.40. The smallest absolute Gasteiger partial charge is 0.208 e. The minimum absolute atomic E-state index is 0.134. The number of phenols is 1. The molecule has 0 radical (unpaired) electrons. The summed E-state index contributed by atoms with van der Waals surface area (Å²) in [7, 11) is 1.30. The van der Waals surface area contributed by atoms with E-state index in [1.165, 1.54) is 13.2 Å². The monoisotopic (exact) mass is 259 g/mol. The maximum absolute atomic E-state index is 13.8. The van der Waals surface area contributed by atoms with Crippen LogP contribution in [0.4, 0.5) is 4.39 Å². The molecule has 0 bridgehead atoms. The Morgan fingerprint density at radius 1 is 1.47 bits per heavy atom. The van der Waals surface area contributed by atoms with Crippen LogP contribution in [0.3, 0.4) is 0 Å². The highest BCUT2D eigenvalue weighted by atomic mass is 35.5. The van der Waals surface area contributed by atoms with Crippen molar-refractivity contribution in [1.82, 2.24) is 0 Å². The topological polar surface area (TPSA) is 55.5 Å². The van der Waals surface area contributed by atoms with E-state index in [-0.39, 0.29) is 10.8 Å². The highest BCUT2D eigenvalue weighted by Gasteiger charge is 2.36. The first-order chi connectivity index (χ1) is 7.99. The van der Waals surface area contributed by atoms with Gasteiger partial charge in [-0.15, -0.1) is 0 Å². The molecular formula is C12H15ClFNO2. The van der Waals surface area contributed by atoms with Crippen LogP contribution in [0.1, 0.15) is 31.2 Å². The average molecular weight is 260 g/mol. The van der Waals surface area contributed by atoms with Gasteiger partial charge in [0, 0.05) is 11.1 Å². The first-order valence-corrected chi connectivity index (χ1v) is 5.92. The van der Waals surface area contributed by atoms with Crippen molar-refractivity contribution in [3.05, 3.63) is 22.5 Å². The third kappa shape index (κ3) is 1.96. The highest BCUT2D eigenvalue weighted by molar-refractivity contribution is 6.32. The van der Waals surface area contributed by atoms with Gasteiger partial charge in [-0.2, -0.15) is 4.39 Å². The Labute approximate surface area is 104 Å². The number of hydrogen-bond donors (Lipinski definition) is 2. The maximum atomic E-state index is 13.8. The minimum Gasteiger partial charge on any atom is -0.504 e. The summed E-state index contributed by atoms with van der Waals surface area (Å²) in [5, 5.41) is 10.00. The number of ether oxygens (including phenoxy) is 1. The van der Waals surface area contributed by atoms with Gasteiger partial charge in [0.2, 0.25) is 5.82 Å². The molecule has 0 atom stereocenters. The molecular weight excluding hydrogens is 245 g/mol. The Morgan fingerprint density at radius 2 is 2.06 bits per heavy atom. The van der Waals surface area contributed by atoms with E-state index in [9.17, 15) is 9.50 Å². The molecule has 1 fully saturated rings. The van der Waals surface area contributed by atoms with Gasteiger partial charge in [0.15, 0.2) is 11.5 Å². The molecule has 0 spiro atoms. The van der Waals surface area contributed by atoms with Gasteiger partial charge in [-0.3, -0.25) is 0 Å². The molecule has 5 heteroatoms. The molecule has 1 saturated carbocycles. The zero-order valence-electron chi connectivity index (χ0n) is 9.59. The molecule has 1 aliphatic rings. The van der Waals surface area contributed by atoms with Crippen LogP contribution in [0.15, 0.2) is 6.07 Å². The summed E-state index contributed by atoms with van der Waals surface area (Å²) < 4.78 is 18.6. The second-order valence-corrected chi connectivity index (χ2v) is 4.87. The summed E-state index contributed by atoms with van der Waals surface area (Å²) >= 11 is 5.92. The first-order valence-electron chi connectivity index (χ1n) is 5.54. The van der Waals surface area contributed by atoms with Crippen molar-refractivity contribution in [3.63, 3.8) is 0 Å². The third-order valence-electron chi connectivity index (χ3n) is 3.39. The summed E-state index contributed by atoms with van der Waals surface area (Å²) in [5.74, 6) is -1.43. The van der Waals surface area contributed by atoms with Crippen LogP contribution in [-0.4, -0.2) is 12.2 Å². The second kappa shape index (κ2) is 4.35. The van der Waals surface area contributed by atoms with E-state index in [0.29, 0.717) is 5.56 Å². The maximum Gasteiger partial charge on any atom is 0.208 e. The Bertz CT molecular complexity index is 445. The molecule has 0 unspecified atom stereocenters. The molecule has 3 nitrogen and oxygen atoms in total. The van der Waals surface area contributed by atoms with Crippen molar-refractivity contribution >= 4 is 11.6 Å². The average Bonchev–Trinajstić information content (AvgIpc) is 2.72. The fraction of sp³-hybridized carbons (Fsp3) is 0.500. The third-order valence-corrected chi connectivity index (χ3v) is 3.67. The zero-order chi connectivity index (χ0) is 12.6. The van der Waals surface area contributed by atoms with Crippen LogP contribution in [-0.2, 0) is 5.54 Å². The molecule has 3 N–H and O–H groups in total. The lowest BCUT2D eigenvalue weighted by Crippen LogP contribution is -2.33. The van der Waals surface area contributed by atoms with Crippen LogP contribution in [0, 0.1) is 5.82 Å². The Kier molecular flexibility index (Phi) is 3.19. The van der Waals surface area contributed by atoms with Crippen LogP contribution >= 0.6 is 11.6 Å². The van der Waals surface area contributed by atoms with E-state index >= 15 is 0 Å². The number of halogens is 2. The standard InChI is InChI=1S/C12H15ClFNO2/c1-17-11-8(13)6-7(10(16)9(11)14)12(15)4-2-3-5-12/h6,16H,2-5,15H2,1H3. The number of phenolic OH excluding ortho intramolecular Hbond substituents is 1. The van der Waals surface area contributed by atoms with Crippen LogP contribution in [0.25, 0.3) is 0 Å². The van der Waals surface area contributed by atoms with Gasteiger partial charge in [0.1, 0.15) is 0 Å². The number of benzene rings is 1. The Morgan fingerprint density at radius 3 is 2.59 bits per heavy atom. The van der Waals surface area contributed by atoms with E-state index in [1.807, 2.05) is 0 Å². The van der Waals surface area contributed by atoms with Gasteiger partial charge in [0.25, 0.3) is 0 Å². The lowest BCUT2D eigenvalue weighted by atomic mass is 9.88. The van der Waals surface area contributed by atoms with Crippen molar-refractivity contribution in [2.45, 2.75) is 31.2 Å². The van der Waals surface area contributed by atoms with Gasteiger partial charge in [0.05, 0.1) is 12.1 Å². The van der Waals surface area contributed by atoms with Gasteiger partial charge in [-0.1, -0.05) is 24.4 Å². The van der Waals surface area contributed by atoms with E-state index < -0.39 is 17.1 Å². The van der Waals surface area contributed by atoms with E-state index in [1.54, 1.807) is 0 Å². The lowest BCUT2D eigenvalue weighted by Gasteiger charge is -2.26. The molecule has 0 aromatic heterocycles.